The summed E-state index contributed by atoms with van der Waals surface area (Å²) >= 11 is 1.92. The van der Waals surface area contributed by atoms with Crippen LogP contribution in [0.1, 0.15) is 6.92 Å². The van der Waals surface area contributed by atoms with Gasteiger partial charge in [-0.2, -0.15) is 11.8 Å². The van der Waals surface area contributed by atoms with Crippen LogP contribution in [0.2, 0.25) is 0 Å². The largest absolute Gasteiger partial charge is 0.314 e. The molecule has 0 saturated heterocycles. The minimum Gasteiger partial charge on any atom is -0.314 e. The first-order valence-electron chi connectivity index (χ1n) is 5.62. The van der Waals surface area contributed by atoms with Gasteiger partial charge in [0.25, 0.3) is 0 Å². The van der Waals surface area contributed by atoms with E-state index in [0.717, 1.165) is 26.2 Å². The van der Waals surface area contributed by atoms with Crippen molar-refractivity contribution in [1.82, 2.24) is 15.1 Å². The second kappa shape index (κ2) is 9.46. The van der Waals surface area contributed by atoms with Crippen molar-refractivity contribution < 1.29 is 0 Å². The van der Waals surface area contributed by atoms with Crippen molar-refractivity contribution in [3.8, 4) is 0 Å². The van der Waals surface area contributed by atoms with E-state index in [1.54, 1.807) is 0 Å². The van der Waals surface area contributed by atoms with Crippen LogP contribution in [0.4, 0.5) is 0 Å². The van der Waals surface area contributed by atoms with Crippen molar-refractivity contribution in [3.05, 3.63) is 0 Å². The molecule has 0 aliphatic rings. The number of rotatable bonds is 9. The van der Waals surface area contributed by atoms with E-state index < -0.39 is 0 Å². The van der Waals surface area contributed by atoms with Crippen LogP contribution >= 0.6 is 11.8 Å². The fourth-order valence-corrected chi connectivity index (χ4v) is 2.01. The van der Waals surface area contributed by atoms with Gasteiger partial charge in [0.05, 0.1) is 0 Å². The lowest BCUT2D eigenvalue weighted by Crippen LogP contribution is -2.38. The molecule has 0 aliphatic carbocycles. The molecule has 0 aliphatic heterocycles. The van der Waals surface area contributed by atoms with Gasteiger partial charge in [0, 0.05) is 38.0 Å². The summed E-state index contributed by atoms with van der Waals surface area (Å²) in [5.41, 5.74) is 0. The first-order chi connectivity index (χ1) is 7.07. The molecule has 1 unspecified atom stereocenters. The van der Waals surface area contributed by atoms with Crippen molar-refractivity contribution in [2.45, 2.75) is 13.0 Å². The van der Waals surface area contributed by atoms with Crippen molar-refractivity contribution in [1.29, 1.82) is 0 Å². The molecule has 4 heteroatoms. The molecule has 0 aromatic heterocycles. The van der Waals surface area contributed by atoms with Gasteiger partial charge in [0.15, 0.2) is 0 Å². The molecule has 0 aromatic carbocycles. The highest BCUT2D eigenvalue weighted by atomic mass is 32.2. The van der Waals surface area contributed by atoms with Gasteiger partial charge in [-0.1, -0.05) is 0 Å². The molecule has 0 heterocycles. The van der Waals surface area contributed by atoms with Gasteiger partial charge in [0.1, 0.15) is 0 Å². The van der Waals surface area contributed by atoms with Crippen LogP contribution in [0.25, 0.3) is 0 Å². The second-order valence-electron chi connectivity index (χ2n) is 4.34. The number of nitrogens with zero attached hydrogens (tertiary/aromatic N) is 2. The number of nitrogens with one attached hydrogen (secondary N) is 1. The third kappa shape index (κ3) is 9.18. The zero-order chi connectivity index (χ0) is 11.7. The Labute approximate surface area is 99.6 Å². The van der Waals surface area contributed by atoms with Crippen LogP contribution in [0.15, 0.2) is 0 Å². The molecule has 0 aromatic rings. The molecule has 0 fully saturated rings. The van der Waals surface area contributed by atoms with E-state index in [1.807, 2.05) is 11.8 Å². The highest BCUT2D eigenvalue weighted by Gasteiger charge is 2.06. The topological polar surface area (TPSA) is 18.5 Å². The van der Waals surface area contributed by atoms with E-state index in [2.05, 4.69) is 49.4 Å². The van der Waals surface area contributed by atoms with Gasteiger partial charge >= 0.3 is 0 Å². The number of hydrogen-bond donors (Lipinski definition) is 1. The third-order valence-corrected chi connectivity index (χ3v) is 3.35. The summed E-state index contributed by atoms with van der Waals surface area (Å²) in [5.74, 6) is 1.22. The summed E-state index contributed by atoms with van der Waals surface area (Å²) in [5, 5.41) is 3.45. The SMILES string of the molecule is CSCC(C)N(C)CCNCCN(C)C. The van der Waals surface area contributed by atoms with Crippen LogP contribution in [-0.4, -0.2) is 75.2 Å². The van der Waals surface area contributed by atoms with Gasteiger partial charge < -0.3 is 15.1 Å². The minimum atomic E-state index is 0.677. The summed E-state index contributed by atoms with van der Waals surface area (Å²) < 4.78 is 0. The Morgan fingerprint density at radius 3 is 2.27 bits per heavy atom. The maximum atomic E-state index is 3.45. The van der Waals surface area contributed by atoms with Crippen LogP contribution in [-0.2, 0) is 0 Å². The zero-order valence-corrected chi connectivity index (χ0v) is 11.7. The van der Waals surface area contributed by atoms with Gasteiger partial charge in [0.2, 0.25) is 0 Å². The first-order valence-corrected chi connectivity index (χ1v) is 7.02. The molecule has 0 bridgehead atoms. The number of likely N-dealkylation sites (N-methyl/N-ethyl adjacent to an activating group) is 2. The molecule has 1 atom stereocenters. The molecular formula is C11H27N3S. The summed E-state index contributed by atoms with van der Waals surface area (Å²) in [6.07, 6.45) is 2.17. The Morgan fingerprint density at radius 1 is 1.13 bits per heavy atom. The van der Waals surface area contributed by atoms with Crippen LogP contribution in [0, 0.1) is 0 Å². The van der Waals surface area contributed by atoms with E-state index in [0.29, 0.717) is 6.04 Å². The fourth-order valence-electron chi connectivity index (χ4n) is 1.27. The third-order valence-electron chi connectivity index (χ3n) is 2.54. The Balaban J connectivity index is 3.34. The average Bonchev–Trinajstić information content (AvgIpc) is 2.16. The molecule has 15 heavy (non-hydrogen) atoms. The first kappa shape index (κ1) is 15.2. The highest BCUT2D eigenvalue weighted by molar-refractivity contribution is 7.98. The van der Waals surface area contributed by atoms with Crippen molar-refractivity contribution in [3.63, 3.8) is 0 Å². The summed E-state index contributed by atoms with van der Waals surface area (Å²) in [6, 6.07) is 0.677. The summed E-state index contributed by atoms with van der Waals surface area (Å²) in [6.45, 7) is 6.70. The molecule has 0 radical (unpaired) electrons. The standard InChI is InChI=1S/C11H27N3S/c1-11(10-15-5)14(4)9-7-12-6-8-13(2)3/h11-12H,6-10H2,1-5H3. The fraction of sp³-hybridized carbons (Fsp3) is 1.00. The molecule has 3 nitrogen and oxygen atoms in total. The summed E-state index contributed by atoms with van der Waals surface area (Å²) in [7, 11) is 6.41. The molecule has 1 N–H and O–H groups in total. The normalized spacial score (nSPS) is 13.8. The van der Waals surface area contributed by atoms with Crippen LogP contribution in [0.3, 0.4) is 0 Å². The van der Waals surface area contributed by atoms with Gasteiger partial charge in [-0.05, 0) is 34.3 Å². The smallest absolute Gasteiger partial charge is 0.0155 e. The average molecular weight is 233 g/mol. The number of hydrogen-bond acceptors (Lipinski definition) is 4. The van der Waals surface area contributed by atoms with Crippen molar-refractivity contribution in [2.75, 3.05) is 59.3 Å². The number of thioether (sulfide) groups is 1. The Morgan fingerprint density at radius 2 is 1.73 bits per heavy atom. The van der Waals surface area contributed by atoms with E-state index in [1.165, 1.54) is 5.75 Å². The molecular weight excluding hydrogens is 206 g/mol. The summed E-state index contributed by atoms with van der Waals surface area (Å²) in [4.78, 5) is 4.62. The Kier molecular flexibility index (Phi) is 9.60. The molecule has 0 rings (SSSR count). The van der Waals surface area contributed by atoms with Crippen LogP contribution < -0.4 is 5.32 Å². The predicted molar refractivity (Wildman–Crippen MR) is 71.9 cm³/mol. The van der Waals surface area contributed by atoms with E-state index in [4.69, 9.17) is 0 Å². The van der Waals surface area contributed by atoms with Crippen molar-refractivity contribution in [2.24, 2.45) is 0 Å². The van der Waals surface area contributed by atoms with E-state index in [9.17, 15) is 0 Å². The Bertz CT molecular complexity index is 142. The molecule has 0 spiro atoms. The Hall–Kier alpha value is 0.230. The van der Waals surface area contributed by atoms with Gasteiger partial charge in [-0.15, -0.1) is 0 Å². The molecule has 92 valence electrons. The maximum absolute atomic E-state index is 3.45. The minimum absolute atomic E-state index is 0.677. The molecule has 0 saturated carbocycles. The molecule has 0 amide bonds. The maximum Gasteiger partial charge on any atom is 0.0155 e. The van der Waals surface area contributed by atoms with Gasteiger partial charge in [-0.25, -0.2) is 0 Å². The van der Waals surface area contributed by atoms with E-state index >= 15 is 0 Å². The predicted octanol–water partition coefficient (Wildman–Crippen LogP) is 0.821. The van der Waals surface area contributed by atoms with Crippen molar-refractivity contribution >= 4 is 11.8 Å². The van der Waals surface area contributed by atoms with Crippen LogP contribution in [0.5, 0.6) is 0 Å². The monoisotopic (exact) mass is 233 g/mol. The lowest BCUT2D eigenvalue weighted by Gasteiger charge is -2.24. The zero-order valence-electron chi connectivity index (χ0n) is 10.9. The lowest BCUT2D eigenvalue weighted by atomic mass is 10.3. The lowest BCUT2D eigenvalue weighted by molar-refractivity contribution is 0.275. The second-order valence-corrected chi connectivity index (χ2v) is 5.25. The highest BCUT2D eigenvalue weighted by Crippen LogP contribution is 2.02. The van der Waals surface area contributed by atoms with E-state index in [-0.39, 0.29) is 0 Å². The quantitative estimate of drug-likeness (QED) is 0.594. The van der Waals surface area contributed by atoms with Gasteiger partial charge in [-0.3, -0.25) is 0 Å².